The van der Waals surface area contributed by atoms with Crippen molar-refractivity contribution in [3.63, 3.8) is 0 Å². The molecular weight excluding hydrogens is 292 g/mol. The van der Waals surface area contributed by atoms with Crippen LogP contribution < -0.4 is 0 Å². The molecule has 0 N–H and O–H groups in total. The average molecular weight is 305 g/mol. The summed E-state index contributed by atoms with van der Waals surface area (Å²) in [6, 6.07) is 11.5. The Morgan fingerprint density at radius 1 is 1.30 bits per heavy atom. The molecule has 0 atom stereocenters. The molecule has 3 aromatic rings. The lowest BCUT2D eigenvalue weighted by Gasteiger charge is -1.95. The highest BCUT2D eigenvalue weighted by Gasteiger charge is 2.15. The number of aryl methyl sites for hydroxylation is 1. The van der Waals surface area contributed by atoms with Gasteiger partial charge >= 0.3 is 0 Å². The van der Waals surface area contributed by atoms with Crippen molar-refractivity contribution in [1.82, 2.24) is 9.78 Å². The number of carbonyl (C=O) groups excluding carboxylic acids is 1. The van der Waals surface area contributed by atoms with E-state index in [9.17, 15) is 4.79 Å². The Morgan fingerprint density at radius 3 is 2.80 bits per heavy atom. The van der Waals surface area contributed by atoms with Crippen LogP contribution in [0.4, 0.5) is 0 Å². The summed E-state index contributed by atoms with van der Waals surface area (Å²) in [6.45, 7) is 2.84. The molecule has 0 aliphatic carbocycles. The summed E-state index contributed by atoms with van der Waals surface area (Å²) in [4.78, 5) is 13.0. The van der Waals surface area contributed by atoms with Crippen molar-refractivity contribution in [3.8, 4) is 0 Å². The van der Waals surface area contributed by atoms with Crippen molar-refractivity contribution in [2.24, 2.45) is 0 Å². The minimum atomic E-state index is 0.0633. The molecule has 102 valence electrons. The highest BCUT2D eigenvalue weighted by molar-refractivity contribution is 7.18. The van der Waals surface area contributed by atoms with E-state index >= 15 is 0 Å². The lowest BCUT2D eigenvalue weighted by Crippen LogP contribution is -2.03. The lowest BCUT2D eigenvalue weighted by atomic mass is 10.1. The second-order valence-electron chi connectivity index (χ2n) is 4.48. The second-order valence-corrected chi connectivity index (χ2v) is 6.20. The Kier molecular flexibility index (Phi) is 3.59. The zero-order valence-corrected chi connectivity index (χ0v) is 12.5. The van der Waals surface area contributed by atoms with Crippen molar-refractivity contribution < 1.29 is 4.79 Å². The van der Waals surface area contributed by atoms with Crippen molar-refractivity contribution in [1.29, 1.82) is 0 Å². The number of thiophene rings is 1. The van der Waals surface area contributed by atoms with Crippen LogP contribution in [-0.4, -0.2) is 15.6 Å². The summed E-state index contributed by atoms with van der Waals surface area (Å²) in [7, 11) is 0. The van der Waals surface area contributed by atoms with Gasteiger partial charge in [0.2, 0.25) is 0 Å². The predicted molar refractivity (Wildman–Crippen MR) is 82.8 cm³/mol. The van der Waals surface area contributed by atoms with Crippen molar-refractivity contribution in [2.75, 3.05) is 0 Å². The van der Waals surface area contributed by atoms with Gasteiger partial charge in [-0.25, -0.2) is 0 Å². The highest BCUT2D eigenvalue weighted by atomic mass is 35.5. The molecule has 3 nitrogen and oxygen atoms in total. The van der Waals surface area contributed by atoms with Crippen LogP contribution in [0.15, 0.2) is 36.4 Å². The van der Waals surface area contributed by atoms with Crippen LogP contribution in [0.2, 0.25) is 4.34 Å². The number of Topliss-reactive ketones (excluding diaryl/α,β-unsaturated/α-hetero) is 1. The minimum Gasteiger partial charge on any atom is -0.293 e. The molecule has 0 spiro atoms. The van der Waals surface area contributed by atoms with Gasteiger partial charge in [-0.05, 0) is 25.1 Å². The maximum atomic E-state index is 12.3. The zero-order valence-electron chi connectivity index (χ0n) is 11.0. The molecule has 0 amide bonds. The molecule has 1 aromatic carbocycles. The van der Waals surface area contributed by atoms with Gasteiger partial charge < -0.3 is 0 Å². The van der Waals surface area contributed by atoms with E-state index in [1.807, 2.05) is 35.9 Å². The zero-order chi connectivity index (χ0) is 14.1. The third kappa shape index (κ3) is 2.37. The summed E-state index contributed by atoms with van der Waals surface area (Å²) in [5, 5.41) is 5.59. The van der Waals surface area contributed by atoms with Gasteiger partial charge in [-0.15, -0.1) is 11.3 Å². The Hall–Kier alpha value is -1.65. The predicted octanol–water partition coefficient (Wildman–Crippen LogP) is 4.20. The van der Waals surface area contributed by atoms with E-state index in [1.54, 1.807) is 12.1 Å². The van der Waals surface area contributed by atoms with Gasteiger partial charge in [-0.1, -0.05) is 29.8 Å². The fourth-order valence-electron chi connectivity index (χ4n) is 2.27. The number of hydrogen-bond acceptors (Lipinski definition) is 3. The number of benzene rings is 1. The first-order chi connectivity index (χ1) is 9.69. The fraction of sp³-hybridized carbons (Fsp3) is 0.200. The topological polar surface area (TPSA) is 34.9 Å². The lowest BCUT2D eigenvalue weighted by molar-refractivity contribution is 0.0996. The number of hydrogen-bond donors (Lipinski definition) is 0. The van der Waals surface area contributed by atoms with Crippen LogP contribution in [0.25, 0.3) is 10.9 Å². The fourth-order valence-corrected chi connectivity index (χ4v) is 3.25. The number of nitrogens with zero attached hydrogens (tertiary/aromatic N) is 2. The first kappa shape index (κ1) is 13.3. The van der Waals surface area contributed by atoms with E-state index in [0.29, 0.717) is 15.6 Å². The van der Waals surface area contributed by atoms with Crippen LogP contribution in [0, 0.1) is 0 Å². The van der Waals surface area contributed by atoms with E-state index in [0.717, 1.165) is 23.1 Å². The SMILES string of the molecule is CCn1nc(CC(=O)c2ccc(Cl)s2)c2ccccc21. The smallest absolute Gasteiger partial charge is 0.178 e. The summed E-state index contributed by atoms with van der Waals surface area (Å²) in [5.74, 6) is 0.0633. The van der Waals surface area contributed by atoms with Gasteiger partial charge in [0.1, 0.15) is 0 Å². The van der Waals surface area contributed by atoms with E-state index in [-0.39, 0.29) is 5.78 Å². The first-order valence-electron chi connectivity index (χ1n) is 6.42. The van der Waals surface area contributed by atoms with Crippen LogP contribution in [0.5, 0.6) is 0 Å². The third-order valence-corrected chi connectivity index (χ3v) is 4.48. The minimum absolute atomic E-state index is 0.0633. The molecule has 0 radical (unpaired) electrons. The van der Waals surface area contributed by atoms with Crippen molar-refractivity contribution >= 4 is 39.6 Å². The number of aromatic nitrogens is 2. The molecular formula is C15H13ClN2OS. The quantitative estimate of drug-likeness (QED) is 0.677. The second kappa shape index (κ2) is 5.38. The van der Waals surface area contributed by atoms with E-state index < -0.39 is 0 Å². The first-order valence-corrected chi connectivity index (χ1v) is 7.61. The van der Waals surface area contributed by atoms with Crippen molar-refractivity contribution in [3.05, 3.63) is 51.3 Å². The van der Waals surface area contributed by atoms with Gasteiger partial charge in [0.25, 0.3) is 0 Å². The number of ketones is 1. The van der Waals surface area contributed by atoms with Crippen LogP contribution in [0.1, 0.15) is 22.3 Å². The summed E-state index contributed by atoms with van der Waals surface area (Å²) >= 11 is 7.19. The standard InChI is InChI=1S/C15H13ClN2OS/c1-2-18-12-6-4-3-5-10(12)11(17-18)9-13(19)14-7-8-15(16)20-14/h3-8H,2,9H2,1H3. The number of halogens is 1. The molecule has 20 heavy (non-hydrogen) atoms. The molecule has 3 rings (SSSR count). The van der Waals surface area contributed by atoms with Crippen LogP contribution in [-0.2, 0) is 13.0 Å². The van der Waals surface area contributed by atoms with Gasteiger partial charge in [-0.2, -0.15) is 5.10 Å². The van der Waals surface area contributed by atoms with Crippen molar-refractivity contribution in [2.45, 2.75) is 19.9 Å². The van der Waals surface area contributed by atoms with Gasteiger partial charge in [0.05, 0.1) is 26.8 Å². The molecule has 0 aliphatic rings. The Bertz CT molecular complexity index is 775. The summed E-state index contributed by atoms with van der Waals surface area (Å²) in [6.07, 6.45) is 0.310. The van der Waals surface area contributed by atoms with E-state index in [1.165, 1.54) is 11.3 Å². The van der Waals surface area contributed by atoms with Crippen LogP contribution in [0.3, 0.4) is 0 Å². The summed E-state index contributed by atoms with van der Waals surface area (Å²) in [5.41, 5.74) is 1.90. The molecule has 5 heteroatoms. The van der Waals surface area contributed by atoms with Gasteiger partial charge in [0.15, 0.2) is 5.78 Å². The molecule has 2 aromatic heterocycles. The number of para-hydroxylation sites is 1. The molecule has 0 saturated carbocycles. The maximum absolute atomic E-state index is 12.3. The Balaban J connectivity index is 1.97. The maximum Gasteiger partial charge on any atom is 0.178 e. The summed E-state index contributed by atoms with van der Waals surface area (Å²) < 4.78 is 2.57. The number of fused-ring (bicyclic) bond motifs is 1. The number of carbonyl (C=O) groups is 1. The molecule has 0 saturated heterocycles. The normalized spacial score (nSPS) is 11.1. The largest absolute Gasteiger partial charge is 0.293 e. The van der Waals surface area contributed by atoms with E-state index in [4.69, 9.17) is 11.6 Å². The van der Waals surface area contributed by atoms with Gasteiger partial charge in [0, 0.05) is 11.9 Å². The Morgan fingerprint density at radius 2 is 2.10 bits per heavy atom. The average Bonchev–Trinajstić information content (AvgIpc) is 3.03. The van der Waals surface area contributed by atoms with Gasteiger partial charge in [-0.3, -0.25) is 9.48 Å². The monoisotopic (exact) mass is 304 g/mol. The molecule has 0 fully saturated rings. The molecule has 0 aliphatic heterocycles. The highest BCUT2D eigenvalue weighted by Crippen LogP contribution is 2.24. The van der Waals surface area contributed by atoms with Crippen LogP contribution >= 0.6 is 22.9 Å². The Labute approximate surface area is 125 Å². The molecule has 0 unspecified atom stereocenters. The number of rotatable bonds is 4. The third-order valence-electron chi connectivity index (χ3n) is 3.21. The molecule has 2 heterocycles. The van der Waals surface area contributed by atoms with E-state index in [2.05, 4.69) is 5.10 Å². The molecule has 0 bridgehead atoms.